The zero-order valence-corrected chi connectivity index (χ0v) is 15.2. The van der Waals surface area contributed by atoms with E-state index in [4.69, 9.17) is 11.6 Å². The van der Waals surface area contributed by atoms with Crippen LogP contribution in [0.2, 0.25) is 5.02 Å². The second kappa shape index (κ2) is 7.59. The highest BCUT2D eigenvalue weighted by Crippen LogP contribution is 2.22. The van der Waals surface area contributed by atoms with Crippen LogP contribution in [0.25, 0.3) is 0 Å². The van der Waals surface area contributed by atoms with Gasteiger partial charge in [0.25, 0.3) is 0 Å². The van der Waals surface area contributed by atoms with Crippen LogP contribution in [0.3, 0.4) is 0 Å². The highest BCUT2D eigenvalue weighted by Gasteiger charge is 2.15. The molecule has 22 heavy (non-hydrogen) atoms. The van der Waals surface area contributed by atoms with Crippen molar-refractivity contribution >= 4 is 37.4 Å². The number of rotatable bonds is 6. The molecule has 0 aliphatic rings. The fraction of sp³-hybridized carbons (Fsp3) is 0.250. The second-order valence-electron chi connectivity index (χ2n) is 4.97. The Bertz CT molecular complexity index is 732. The number of nitrogens with one attached hydrogen (secondary N) is 1. The van der Waals surface area contributed by atoms with E-state index in [9.17, 15) is 8.42 Å². The molecule has 2 rings (SSSR count). The van der Waals surface area contributed by atoms with Gasteiger partial charge in [-0.1, -0.05) is 45.7 Å². The van der Waals surface area contributed by atoms with Gasteiger partial charge in [-0.15, -0.1) is 0 Å². The molecular weight excluding hydrogens is 386 g/mol. The van der Waals surface area contributed by atoms with Crippen molar-refractivity contribution in [3.63, 3.8) is 0 Å². The van der Waals surface area contributed by atoms with Gasteiger partial charge >= 0.3 is 0 Å². The summed E-state index contributed by atoms with van der Waals surface area (Å²) in [5, 5.41) is 3.88. The van der Waals surface area contributed by atoms with Gasteiger partial charge in [0.2, 0.25) is 0 Å². The van der Waals surface area contributed by atoms with Gasteiger partial charge in [0.1, 0.15) is 0 Å². The molecule has 2 aromatic rings. The average molecular weight is 403 g/mol. The molecule has 0 saturated heterocycles. The molecule has 0 fully saturated rings. The SMILES string of the molecule is C[C@H](NCCS(=O)(=O)c1ccc(Br)cc1)c1ccccc1Cl. The molecule has 0 aliphatic heterocycles. The summed E-state index contributed by atoms with van der Waals surface area (Å²) in [6, 6.07) is 14.2. The minimum atomic E-state index is -3.28. The Hall–Kier alpha value is -0.880. The summed E-state index contributed by atoms with van der Waals surface area (Å²) in [6.07, 6.45) is 0. The first-order valence-electron chi connectivity index (χ1n) is 6.86. The van der Waals surface area contributed by atoms with Gasteiger partial charge < -0.3 is 5.32 Å². The Balaban J connectivity index is 1.95. The summed E-state index contributed by atoms with van der Waals surface area (Å²) in [5.41, 5.74) is 0.963. The van der Waals surface area contributed by atoms with E-state index in [1.54, 1.807) is 24.3 Å². The maximum Gasteiger partial charge on any atom is 0.179 e. The molecule has 3 nitrogen and oxygen atoms in total. The zero-order chi connectivity index (χ0) is 16.2. The van der Waals surface area contributed by atoms with Crippen molar-refractivity contribution in [3.8, 4) is 0 Å². The summed E-state index contributed by atoms with van der Waals surface area (Å²) in [5.74, 6) is 0.0451. The van der Waals surface area contributed by atoms with E-state index in [2.05, 4.69) is 21.2 Å². The molecule has 118 valence electrons. The van der Waals surface area contributed by atoms with Crippen molar-refractivity contribution in [3.05, 3.63) is 63.6 Å². The molecule has 1 atom stereocenters. The van der Waals surface area contributed by atoms with E-state index >= 15 is 0 Å². The first-order chi connectivity index (χ1) is 10.4. The Morgan fingerprint density at radius 3 is 2.41 bits per heavy atom. The standard InChI is InChI=1S/C16H17BrClNO2S/c1-12(15-4-2-3-5-16(15)18)19-10-11-22(20,21)14-8-6-13(17)7-9-14/h2-9,12,19H,10-11H2,1H3/t12-/m0/s1. The number of benzene rings is 2. The van der Waals surface area contributed by atoms with Crippen LogP contribution in [-0.2, 0) is 9.84 Å². The molecule has 0 saturated carbocycles. The smallest absolute Gasteiger partial charge is 0.179 e. The predicted octanol–water partition coefficient (Wildman–Crippen LogP) is 4.23. The van der Waals surface area contributed by atoms with Gasteiger partial charge in [-0.3, -0.25) is 0 Å². The molecule has 0 unspecified atom stereocenters. The molecule has 0 amide bonds. The van der Waals surface area contributed by atoms with Crippen LogP contribution >= 0.6 is 27.5 Å². The van der Waals surface area contributed by atoms with Crippen molar-refractivity contribution in [2.24, 2.45) is 0 Å². The van der Waals surface area contributed by atoms with E-state index in [-0.39, 0.29) is 11.8 Å². The first kappa shape index (κ1) is 17.5. The Kier molecular flexibility index (Phi) is 6.03. The lowest BCUT2D eigenvalue weighted by Gasteiger charge is -2.15. The Morgan fingerprint density at radius 2 is 1.77 bits per heavy atom. The quantitative estimate of drug-likeness (QED) is 0.786. The van der Waals surface area contributed by atoms with Crippen molar-refractivity contribution in [2.75, 3.05) is 12.3 Å². The van der Waals surface area contributed by atoms with Crippen LogP contribution in [0, 0.1) is 0 Å². The van der Waals surface area contributed by atoms with Crippen LogP contribution < -0.4 is 5.32 Å². The third-order valence-corrected chi connectivity index (χ3v) is 5.97. The van der Waals surface area contributed by atoms with Crippen molar-refractivity contribution in [2.45, 2.75) is 17.9 Å². The van der Waals surface area contributed by atoms with E-state index < -0.39 is 9.84 Å². The molecule has 2 aromatic carbocycles. The van der Waals surface area contributed by atoms with Gasteiger partial charge in [0.15, 0.2) is 9.84 Å². The summed E-state index contributed by atoms with van der Waals surface area (Å²) >= 11 is 9.43. The van der Waals surface area contributed by atoms with Crippen molar-refractivity contribution in [1.82, 2.24) is 5.32 Å². The van der Waals surface area contributed by atoms with Crippen LogP contribution in [0.15, 0.2) is 57.9 Å². The Morgan fingerprint density at radius 1 is 1.14 bits per heavy atom. The highest BCUT2D eigenvalue weighted by atomic mass is 79.9. The van der Waals surface area contributed by atoms with Gasteiger partial charge in [0.05, 0.1) is 10.6 Å². The van der Waals surface area contributed by atoms with Gasteiger partial charge in [-0.05, 0) is 42.8 Å². The molecule has 0 bridgehead atoms. The summed E-state index contributed by atoms with van der Waals surface area (Å²) in [6.45, 7) is 2.33. The Labute approximate surface area is 144 Å². The number of halogens is 2. The van der Waals surface area contributed by atoms with Gasteiger partial charge in [-0.2, -0.15) is 0 Å². The third-order valence-electron chi connectivity index (χ3n) is 3.37. The van der Waals surface area contributed by atoms with Gasteiger partial charge in [0, 0.05) is 22.1 Å². The molecule has 0 aliphatic carbocycles. The monoisotopic (exact) mass is 401 g/mol. The molecule has 1 N–H and O–H groups in total. The lowest BCUT2D eigenvalue weighted by Crippen LogP contribution is -2.26. The number of hydrogen-bond donors (Lipinski definition) is 1. The molecular formula is C16H17BrClNO2S. The fourth-order valence-corrected chi connectivity index (χ4v) is 3.84. The topological polar surface area (TPSA) is 46.2 Å². The molecule has 6 heteroatoms. The molecule has 0 aromatic heterocycles. The molecule has 0 spiro atoms. The van der Waals surface area contributed by atoms with Crippen molar-refractivity contribution in [1.29, 1.82) is 0 Å². The van der Waals surface area contributed by atoms with Crippen LogP contribution in [0.4, 0.5) is 0 Å². The van der Waals surface area contributed by atoms with Gasteiger partial charge in [-0.25, -0.2) is 8.42 Å². The second-order valence-corrected chi connectivity index (χ2v) is 8.40. The minimum Gasteiger partial charge on any atom is -0.309 e. The molecule has 0 heterocycles. The first-order valence-corrected chi connectivity index (χ1v) is 9.68. The summed E-state index contributed by atoms with van der Waals surface area (Å²) in [7, 11) is -3.28. The van der Waals surface area contributed by atoms with Crippen molar-refractivity contribution < 1.29 is 8.42 Å². The highest BCUT2D eigenvalue weighted by molar-refractivity contribution is 9.10. The van der Waals surface area contributed by atoms with Crippen LogP contribution in [0.1, 0.15) is 18.5 Å². The summed E-state index contributed by atoms with van der Waals surface area (Å²) in [4.78, 5) is 0.336. The minimum absolute atomic E-state index is 0.00572. The van der Waals surface area contributed by atoms with Crippen LogP contribution in [0.5, 0.6) is 0 Å². The number of sulfone groups is 1. The number of hydrogen-bond acceptors (Lipinski definition) is 3. The van der Waals surface area contributed by atoms with E-state index in [0.29, 0.717) is 16.5 Å². The van der Waals surface area contributed by atoms with E-state index in [1.165, 1.54) is 0 Å². The average Bonchev–Trinajstić information content (AvgIpc) is 2.48. The molecule has 0 radical (unpaired) electrons. The lowest BCUT2D eigenvalue weighted by atomic mass is 10.1. The third kappa shape index (κ3) is 4.56. The zero-order valence-electron chi connectivity index (χ0n) is 12.1. The fourth-order valence-electron chi connectivity index (χ4n) is 2.11. The maximum absolute atomic E-state index is 12.2. The normalized spacial score (nSPS) is 13.0. The largest absolute Gasteiger partial charge is 0.309 e. The van der Waals surface area contributed by atoms with E-state index in [1.807, 2.05) is 31.2 Å². The predicted molar refractivity (Wildman–Crippen MR) is 94.1 cm³/mol. The lowest BCUT2D eigenvalue weighted by molar-refractivity contribution is 0.572. The summed E-state index contributed by atoms with van der Waals surface area (Å²) < 4.78 is 25.4. The maximum atomic E-state index is 12.2. The van der Waals surface area contributed by atoms with E-state index in [0.717, 1.165) is 10.0 Å². The van der Waals surface area contributed by atoms with Crippen LogP contribution in [-0.4, -0.2) is 20.7 Å².